The second-order valence-corrected chi connectivity index (χ2v) is 21.0. The molecule has 6 nitrogen and oxygen atoms in total. The fourth-order valence-corrected chi connectivity index (χ4v) is 9.38. The van der Waals surface area contributed by atoms with E-state index in [9.17, 15) is 14.4 Å². The van der Waals surface area contributed by atoms with Gasteiger partial charge in [0.05, 0.1) is 0 Å². The molecule has 0 aliphatic rings. The van der Waals surface area contributed by atoms with Crippen molar-refractivity contribution in [1.29, 1.82) is 0 Å². The molecule has 0 aromatic carbocycles. The maximum Gasteiger partial charge on any atom is 0.306 e. The Labute approximate surface area is 424 Å². The number of rotatable bonds is 57. The summed E-state index contributed by atoms with van der Waals surface area (Å²) in [6.07, 6.45) is 66.9. The molecular weight excluding hydrogens is 841 g/mol. The first-order chi connectivity index (χ1) is 33.5. The van der Waals surface area contributed by atoms with E-state index < -0.39 is 6.10 Å². The van der Waals surface area contributed by atoms with Gasteiger partial charge < -0.3 is 14.2 Å². The third-order valence-corrected chi connectivity index (χ3v) is 14.0. The molecule has 0 aromatic heterocycles. The second kappa shape index (κ2) is 57.7. The van der Waals surface area contributed by atoms with Crippen LogP contribution in [0.1, 0.15) is 348 Å². The number of allylic oxidation sites excluding steroid dienone is 2. The monoisotopic (exact) mass is 959 g/mol. The van der Waals surface area contributed by atoms with E-state index in [0.29, 0.717) is 19.3 Å². The minimum atomic E-state index is -0.767. The highest BCUT2D eigenvalue weighted by Crippen LogP contribution is 2.18. The van der Waals surface area contributed by atoms with Gasteiger partial charge in [0.2, 0.25) is 0 Å². The number of unbranched alkanes of at least 4 members (excludes halogenated alkanes) is 44. The van der Waals surface area contributed by atoms with Gasteiger partial charge in [-0.15, -0.1) is 0 Å². The summed E-state index contributed by atoms with van der Waals surface area (Å²) in [7, 11) is 0. The smallest absolute Gasteiger partial charge is 0.306 e. The van der Waals surface area contributed by atoms with E-state index in [1.807, 2.05) is 0 Å². The Balaban J connectivity index is 3.96. The van der Waals surface area contributed by atoms with Crippen molar-refractivity contribution >= 4 is 17.9 Å². The molecule has 0 aromatic rings. The van der Waals surface area contributed by atoms with Crippen LogP contribution in [-0.2, 0) is 28.6 Å². The second-order valence-electron chi connectivity index (χ2n) is 21.0. The summed E-state index contributed by atoms with van der Waals surface area (Å²) in [6, 6.07) is 0. The fourth-order valence-electron chi connectivity index (χ4n) is 9.38. The standard InChI is InChI=1S/C62H118O6/c1-4-7-10-13-16-19-21-23-24-25-26-27-28-29-30-31-32-33-34-35-36-37-38-39-40-42-43-46-49-52-55-61(64)67-58-59(57-66-60(63)54-51-48-45-18-15-12-9-6-3)68-62(65)56-53-50-47-44-41-22-20-17-14-11-8-5-2/h17,20,59H,4-16,18-19,21-58H2,1-3H3/b20-17-. The molecule has 0 spiro atoms. The molecule has 0 rings (SSSR count). The van der Waals surface area contributed by atoms with Crippen LogP contribution in [0.3, 0.4) is 0 Å². The van der Waals surface area contributed by atoms with Gasteiger partial charge in [-0.25, -0.2) is 0 Å². The zero-order chi connectivity index (χ0) is 49.3. The molecule has 0 radical (unpaired) electrons. The van der Waals surface area contributed by atoms with Crippen LogP contribution in [0.4, 0.5) is 0 Å². The highest BCUT2D eigenvalue weighted by molar-refractivity contribution is 5.71. The van der Waals surface area contributed by atoms with Crippen LogP contribution in [0.25, 0.3) is 0 Å². The molecule has 0 aliphatic heterocycles. The lowest BCUT2D eigenvalue weighted by atomic mass is 10.0. The van der Waals surface area contributed by atoms with Gasteiger partial charge in [0.25, 0.3) is 0 Å². The minimum absolute atomic E-state index is 0.0683. The van der Waals surface area contributed by atoms with Gasteiger partial charge in [-0.2, -0.15) is 0 Å². The lowest BCUT2D eigenvalue weighted by Gasteiger charge is -2.18. The van der Waals surface area contributed by atoms with E-state index >= 15 is 0 Å². The number of carbonyl (C=O) groups excluding carboxylic acids is 3. The van der Waals surface area contributed by atoms with Crippen molar-refractivity contribution in [2.24, 2.45) is 0 Å². The van der Waals surface area contributed by atoms with Crippen molar-refractivity contribution in [3.05, 3.63) is 12.2 Å². The van der Waals surface area contributed by atoms with Gasteiger partial charge in [0.1, 0.15) is 13.2 Å². The predicted octanol–water partition coefficient (Wildman–Crippen LogP) is 20.5. The van der Waals surface area contributed by atoms with Crippen molar-refractivity contribution in [3.63, 3.8) is 0 Å². The average molecular weight is 960 g/mol. The number of esters is 3. The first kappa shape index (κ1) is 66.2. The zero-order valence-electron chi connectivity index (χ0n) is 46.2. The van der Waals surface area contributed by atoms with Crippen LogP contribution in [0.5, 0.6) is 0 Å². The van der Waals surface area contributed by atoms with E-state index in [4.69, 9.17) is 14.2 Å². The van der Waals surface area contributed by atoms with Crippen molar-refractivity contribution in [2.45, 2.75) is 354 Å². The lowest BCUT2D eigenvalue weighted by molar-refractivity contribution is -0.167. The Kier molecular flexibility index (Phi) is 56.2. The summed E-state index contributed by atoms with van der Waals surface area (Å²) in [5.41, 5.74) is 0. The molecule has 0 fully saturated rings. The molecule has 0 saturated carbocycles. The van der Waals surface area contributed by atoms with Gasteiger partial charge in [0, 0.05) is 19.3 Å². The molecule has 68 heavy (non-hydrogen) atoms. The van der Waals surface area contributed by atoms with Crippen LogP contribution in [0.2, 0.25) is 0 Å². The van der Waals surface area contributed by atoms with E-state index in [-0.39, 0.29) is 31.1 Å². The maximum absolute atomic E-state index is 12.8. The Morgan fingerprint density at radius 2 is 0.485 bits per heavy atom. The summed E-state index contributed by atoms with van der Waals surface area (Å²) >= 11 is 0. The highest BCUT2D eigenvalue weighted by Gasteiger charge is 2.19. The largest absolute Gasteiger partial charge is 0.462 e. The van der Waals surface area contributed by atoms with E-state index in [0.717, 1.165) is 64.2 Å². The molecule has 0 heterocycles. The summed E-state index contributed by atoms with van der Waals surface area (Å²) in [5, 5.41) is 0. The number of carbonyl (C=O) groups is 3. The van der Waals surface area contributed by atoms with Crippen LogP contribution in [0, 0.1) is 0 Å². The van der Waals surface area contributed by atoms with Crippen LogP contribution >= 0.6 is 0 Å². The first-order valence-electron chi connectivity index (χ1n) is 30.7. The molecule has 1 atom stereocenters. The molecule has 1 unspecified atom stereocenters. The van der Waals surface area contributed by atoms with Gasteiger partial charge >= 0.3 is 17.9 Å². The van der Waals surface area contributed by atoms with Gasteiger partial charge in [-0.3, -0.25) is 14.4 Å². The summed E-state index contributed by atoms with van der Waals surface area (Å²) in [4.78, 5) is 37.9. The first-order valence-corrected chi connectivity index (χ1v) is 30.7. The van der Waals surface area contributed by atoms with Crippen LogP contribution in [0.15, 0.2) is 12.2 Å². The molecular formula is C62H118O6. The summed E-state index contributed by atoms with van der Waals surface area (Å²) in [6.45, 7) is 6.63. The Hall–Kier alpha value is -1.85. The van der Waals surface area contributed by atoms with Crippen LogP contribution < -0.4 is 0 Å². The molecule has 0 bridgehead atoms. The third kappa shape index (κ3) is 55.1. The SMILES string of the molecule is CCCCC/C=C\CCCCCCCC(=O)OC(COC(=O)CCCCCCCCCC)COC(=O)CCCCCCCCCCCCCCCCCCCCCCCCCCCCCCCC. The summed E-state index contributed by atoms with van der Waals surface area (Å²) in [5.74, 6) is -0.862. The topological polar surface area (TPSA) is 78.9 Å². The maximum atomic E-state index is 12.8. The molecule has 402 valence electrons. The molecule has 0 amide bonds. The molecule has 6 heteroatoms. The van der Waals surface area contributed by atoms with Crippen LogP contribution in [-0.4, -0.2) is 37.2 Å². The third-order valence-electron chi connectivity index (χ3n) is 14.0. The Morgan fingerprint density at radius 3 is 0.765 bits per heavy atom. The zero-order valence-corrected chi connectivity index (χ0v) is 46.2. The van der Waals surface area contributed by atoms with E-state index in [1.165, 1.54) is 244 Å². The highest BCUT2D eigenvalue weighted by atomic mass is 16.6. The number of hydrogen-bond acceptors (Lipinski definition) is 6. The Morgan fingerprint density at radius 1 is 0.279 bits per heavy atom. The van der Waals surface area contributed by atoms with E-state index in [1.54, 1.807) is 0 Å². The predicted molar refractivity (Wildman–Crippen MR) is 293 cm³/mol. The average Bonchev–Trinajstić information content (AvgIpc) is 3.34. The van der Waals surface area contributed by atoms with E-state index in [2.05, 4.69) is 32.9 Å². The van der Waals surface area contributed by atoms with Crippen molar-refractivity contribution in [2.75, 3.05) is 13.2 Å². The molecule has 0 saturated heterocycles. The normalized spacial score (nSPS) is 12.0. The quantitative estimate of drug-likeness (QED) is 0.0262. The van der Waals surface area contributed by atoms with Crippen molar-refractivity contribution < 1.29 is 28.6 Å². The summed E-state index contributed by atoms with van der Waals surface area (Å²) < 4.78 is 16.8. The van der Waals surface area contributed by atoms with Crippen molar-refractivity contribution in [1.82, 2.24) is 0 Å². The number of ether oxygens (including phenoxy) is 3. The number of hydrogen-bond donors (Lipinski definition) is 0. The van der Waals surface area contributed by atoms with Gasteiger partial charge in [0.15, 0.2) is 6.10 Å². The Bertz CT molecular complexity index is 1060. The van der Waals surface area contributed by atoms with Gasteiger partial charge in [-0.1, -0.05) is 296 Å². The minimum Gasteiger partial charge on any atom is -0.462 e. The molecule has 0 aliphatic carbocycles. The molecule has 0 N–H and O–H groups in total. The van der Waals surface area contributed by atoms with Gasteiger partial charge in [-0.05, 0) is 44.9 Å². The fraction of sp³-hybridized carbons (Fsp3) is 0.919. The van der Waals surface area contributed by atoms with Crippen molar-refractivity contribution in [3.8, 4) is 0 Å². The lowest BCUT2D eigenvalue weighted by Crippen LogP contribution is -2.30.